The predicted octanol–water partition coefficient (Wildman–Crippen LogP) is 6.45. The normalized spacial score (nSPS) is 36.8. The van der Waals surface area contributed by atoms with Crippen molar-refractivity contribution in [1.82, 2.24) is 0 Å². The summed E-state index contributed by atoms with van der Waals surface area (Å²) in [5.41, 5.74) is 6.44. The van der Waals surface area contributed by atoms with Crippen molar-refractivity contribution in [2.75, 3.05) is 6.61 Å². The highest BCUT2D eigenvalue weighted by atomic mass is 127. The maximum absolute atomic E-state index is 10.3. The van der Waals surface area contributed by atoms with Crippen molar-refractivity contribution in [1.29, 1.82) is 0 Å². The summed E-state index contributed by atoms with van der Waals surface area (Å²) in [5, 5.41) is 10.3. The lowest BCUT2D eigenvalue weighted by Gasteiger charge is -2.50. The van der Waals surface area contributed by atoms with Crippen LogP contribution in [0.25, 0.3) is 11.6 Å². The Morgan fingerprint density at radius 3 is 2.63 bits per heavy atom. The highest BCUT2D eigenvalue weighted by Crippen LogP contribution is 2.62. The van der Waals surface area contributed by atoms with E-state index < -0.39 is 0 Å². The first kappa shape index (κ1) is 19.5. The van der Waals surface area contributed by atoms with Gasteiger partial charge in [0.25, 0.3) is 0 Å². The minimum absolute atomic E-state index is 0.0674. The molecule has 1 aromatic carbocycles. The Hall–Kier alpha value is -0.810. The summed E-state index contributed by atoms with van der Waals surface area (Å²) in [6, 6.07) is 2.34. The van der Waals surface area contributed by atoms with Gasteiger partial charge in [0.15, 0.2) is 0 Å². The van der Waals surface area contributed by atoms with Gasteiger partial charge in [-0.3, -0.25) is 0 Å². The molecule has 27 heavy (non-hydrogen) atoms. The maximum Gasteiger partial charge on any atom is 0.128 e. The molecule has 0 fully saturated rings. The molecular weight excluding hydrogens is 447 g/mol. The fraction of sp³-hybridized carbons (Fsp3) is 0.583. The SMILES string of the molecule is CC(C)c1cc2c(c3c1O[C@H](C)[C@]3(C)I)C1=CCC[C@](C)(CO)[C@]1(C)C=C2. The monoisotopic (exact) mass is 478 g/mol. The quantitative estimate of drug-likeness (QED) is 0.391. The lowest BCUT2D eigenvalue weighted by atomic mass is 9.53. The molecule has 0 spiro atoms. The van der Waals surface area contributed by atoms with Crippen molar-refractivity contribution in [3.05, 3.63) is 40.5 Å². The third kappa shape index (κ3) is 2.46. The van der Waals surface area contributed by atoms with Crippen molar-refractivity contribution in [2.24, 2.45) is 10.8 Å². The molecule has 3 aliphatic rings. The van der Waals surface area contributed by atoms with Gasteiger partial charge in [-0.15, -0.1) is 0 Å². The van der Waals surface area contributed by atoms with Gasteiger partial charge < -0.3 is 9.84 Å². The van der Waals surface area contributed by atoms with Crippen LogP contribution in [0.4, 0.5) is 0 Å². The van der Waals surface area contributed by atoms with Crippen LogP contribution in [-0.2, 0) is 3.42 Å². The van der Waals surface area contributed by atoms with Gasteiger partial charge in [0.05, 0.1) is 3.42 Å². The molecule has 0 bridgehead atoms. The summed E-state index contributed by atoms with van der Waals surface area (Å²) in [6.07, 6.45) is 9.24. The van der Waals surface area contributed by atoms with Gasteiger partial charge in [-0.2, -0.15) is 0 Å². The second kappa shape index (κ2) is 6.09. The molecule has 0 unspecified atom stereocenters. The molecule has 1 aliphatic heterocycles. The fourth-order valence-corrected chi connectivity index (χ4v) is 5.77. The predicted molar refractivity (Wildman–Crippen MR) is 122 cm³/mol. The van der Waals surface area contributed by atoms with Gasteiger partial charge >= 0.3 is 0 Å². The molecule has 0 amide bonds. The molecule has 1 aromatic rings. The zero-order valence-corrected chi connectivity index (χ0v) is 19.5. The summed E-state index contributed by atoms with van der Waals surface area (Å²) in [6.45, 7) is 13.7. The lowest BCUT2D eigenvalue weighted by Crippen LogP contribution is -2.43. The molecular formula is C24H31IO2. The number of aliphatic hydroxyl groups excluding tert-OH is 1. The van der Waals surface area contributed by atoms with Crippen molar-refractivity contribution >= 4 is 34.2 Å². The maximum atomic E-state index is 10.3. The van der Waals surface area contributed by atoms with Crippen molar-refractivity contribution in [3.63, 3.8) is 0 Å². The number of hydrogen-bond donors (Lipinski definition) is 1. The Kier molecular flexibility index (Phi) is 4.40. The Balaban J connectivity index is 2.06. The van der Waals surface area contributed by atoms with Gasteiger partial charge in [0, 0.05) is 23.0 Å². The van der Waals surface area contributed by atoms with Crippen LogP contribution in [0.1, 0.15) is 82.6 Å². The highest BCUT2D eigenvalue weighted by molar-refractivity contribution is 14.1. The smallest absolute Gasteiger partial charge is 0.128 e. The van der Waals surface area contributed by atoms with E-state index in [1.54, 1.807) is 0 Å². The number of halogens is 1. The van der Waals surface area contributed by atoms with Crippen LogP contribution < -0.4 is 4.74 Å². The van der Waals surface area contributed by atoms with E-state index in [1.165, 1.54) is 27.8 Å². The van der Waals surface area contributed by atoms with Crippen LogP contribution >= 0.6 is 22.6 Å². The van der Waals surface area contributed by atoms with Crippen molar-refractivity contribution in [3.8, 4) is 5.75 Å². The van der Waals surface area contributed by atoms with Crippen LogP contribution in [0.15, 0.2) is 18.2 Å². The lowest BCUT2D eigenvalue weighted by molar-refractivity contribution is 0.0607. The van der Waals surface area contributed by atoms with Gasteiger partial charge in [0.1, 0.15) is 11.9 Å². The third-order valence-corrected chi connectivity index (χ3v) is 9.00. The number of alkyl halides is 1. The first-order chi connectivity index (χ1) is 12.6. The van der Waals surface area contributed by atoms with E-state index in [4.69, 9.17) is 4.74 Å². The summed E-state index contributed by atoms with van der Waals surface area (Å²) < 4.78 is 6.40. The standard InChI is InChI=1S/C24H31IO2/c1-14(2)17-12-16-9-11-23(5)18(8-7-10-22(23,4)13-26)19(16)20-21(17)27-15(3)24(20,6)25/h8-9,11-12,14-15,26H,7,10,13H2,1-6H3/t15-,22-,23-,24+/m1/s1. The molecule has 0 saturated carbocycles. The first-order valence-corrected chi connectivity index (χ1v) is 11.2. The molecule has 4 rings (SSSR count). The van der Waals surface area contributed by atoms with Gasteiger partial charge in [-0.1, -0.05) is 68.5 Å². The van der Waals surface area contributed by atoms with E-state index in [2.05, 4.69) is 88.4 Å². The molecule has 0 saturated heterocycles. The summed E-state index contributed by atoms with van der Waals surface area (Å²) in [4.78, 5) is 0. The summed E-state index contributed by atoms with van der Waals surface area (Å²) in [7, 11) is 0. The number of fused-ring (bicyclic) bond motifs is 5. The van der Waals surface area contributed by atoms with E-state index in [9.17, 15) is 5.11 Å². The molecule has 1 N–H and O–H groups in total. The van der Waals surface area contributed by atoms with Crippen LogP contribution in [0, 0.1) is 10.8 Å². The molecule has 2 aliphatic carbocycles. The molecule has 146 valence electrons. The molecule has 4 atom stereocenters. The zero-order chi connectivity index (χ0) is 19.8. The minimum Gasteiger partial charge on any atom is -0.488 e. The van der Waals surface area contributed by atoms with E-state index in [-0.39, 0.29) is 27.0 Å². The molecule has 0 aromatic heterocycles. The first-order valence-electron chi connectivity index (χ1n) is 10.1. The van der Waals surface area contributed by atoms with Crippen LogP contribution in [0.3, 0.4) is 0 Å². The zero-order valence-electron chi connectivity index (χ0n) is 17.3. The topological polar surface area (TPSA) is 29.5 Å². The van der Waals surface area contributed by atoms with Crippen LogP contribution in [-0.4, -0.2) is 17.8 Å². The van der Waals surface area contributed by atoms with E-state index in [0.717, 1.165) is 18.6 Å². The van der Waals surface area contributed by atoms with E-state index in [0.29, 0.717) is 5.92 Å². The number of ether oxygens (including phenoxy) is 1. The van der Waals surface area contributed by atoms with E-state index >= 15 is 0 Å². The van der Waals surface area contributed by atoms with Crippen LogP contribution in [0.5, 0.6) is 5.75 Å². The average molecular weight is 478 g/mol. The Bertz CT molecular complexity index is 864. The number of benzene rings is 1. The molecule has 2 nitrogen and oxygen atoms in total. The van der Waals surface area contributed by atoms with Crippen molar-refractivity contribution < 1.29 is 9.84 Å². The van der Waals surface area contributed by atoms with Crippen LogP contribution in [0.2, 0.25) is 0 Å². The summed E-state index contributed by atoms with van der Waals surface area (Å²) in [5.74, 6) is 1.52. The Morgan fingerprint density at radius 2 is 2.00 bits per heavy atom. The highest BCUT2D eigenvalue weighted by Gasteiger charge is 2.52. The second-order valence-corrected chi connectivity index (χ2v) is 11.8. The molecule has 1 heterocycles. The molecule has 0 radical (unpaired) electrons. The summed E-state index contributed by atoms with van der Waals surface area (Å²) >= 11 is 2.59. The Labute approximate surface area is 177 Å². The van der Waals surface area contributed by atoms with Gasteiger partial charge in [0.2, 0.25) is 0 Å². The van der Waals surface area contributed by atoms with Crippen molar-refractivity contribution in [2.45, 2.75) is 69.8 Å². The third-order valence-electron chi connectivity index (χ3n) is 7.58. The number of rotatable bonds is 2. The second-order valence-electron chi connectivity index (χ2n) is 9.54. The number of allylic oxidation sites excluding steroid dienone is 3. The fourth-order valence-electron chi connectivity index (χ4n) is 5.13. The minimum atomic E-state index is -0.154. The number of hydrogen-bond acceptors (Lipinski definition) is 2. The largest absolute Gasteiger partial charge is 0.488 e. The average Bonchev–Trinajstić information content (AvgIpc) is 2.85. The van der Waals surface area contributed by atoms with E-state index in [1.807, 2.05) is 0 Å². The Morgan fingerprint density at radius 1 is 1.30 bits per heavy atom. The van der Waals surface area contributed by atoms with Gasteiger partial charge in [-0.25, -0.2) is 0 Å². The number of aliphatic hydroxyl groups is 1. The van der Waals surface area contributed by atoms with Gasteiger partial charge in [-0.05, 0) is 60.9 Å². The molecule has 3 heteroatoms.